The van der Waals surface area contributed by atoms with Crippen LogP contribution in [0.5, 0.6) is 0 Å². The van der Waals surface area contributed by atoms with E-state index in [1.807, 2.05) is 6.92 Å². The topological polar surface area (TPSA) is 170 Å². The molecule has 3 aromatic rings. The van der Waals surface area contributed by atoms with Gasteiger partial charge in [-0.15, -0.1) is 0 Å². The number of amides is 2. The number of nitrogens with one attached hydrogen (secondary N) is 2. The van der Waals surface area contributed by atoms with Crippen LogP contribution in [0.25, 0.3) is 22.2 Å². The number of aromatic nitrogens is 1. The second-order valence-electron chi connectivity index (χ2n) is 13.0. The zero-order chi connectivity index (χ0) is 34.4. The third kappa shape index (κ3) is 5.55. The molecule has 0 bridgehead atoms. The number of aliphatic hydroxyl groups is 1. The summed E-state index contributed by atoms with van der Waals surface area (Å²) in [6.45, 7) is 5.04. The Morgan fingerprint density at radius 1 is 1.19 bits per heavy atom. The number of halogens is 1. The maximum absolute atomic E-state index is 15.4. The summed E-state index contributed by atoms with van der Waals surface area (Å²) in [5, 5.41) is 18.1. The van der Waals surface area contributed by atoms with Gasteiger partial charge in [-0.3, -0.25) is 14.4 Å². The van der Waals surface area contributed by atoms with Gasteiger partial charge < -0.3 is 30.9 Å². The van der Waals surface area contributed by atoms with Gasteiger partial charge in [0.25, 0.3) is 0 Å². The smallest absolute Gasteiger partial charge is 0.343 e. The fraction of sp³-hybridized carbons (Fsp3) is 0.472. The van der Waals surface area contributed by atoms with Gasteiger partial charge in [-0.2, -0.15) is 0 Å². The number of aryl methyl sites for hydroxylation is 1. The minimum absolute atomic E-state index is 0.00837. The Kier molecular flexibility index (Phi) is 9.10. The lowest BCUT2D eigenvalue weighted by atomic mass is 9.68. The van der Waals surface area contributed by atoms with Crippen molar-refractivity contribution in [1.82, 2.24) is 15.6 Å². The summed E-state index contributed by atoms with van der Waals surface area (Å²) in [6, 6.07) is 5.57. The molecule has 2 aliphatic carbocycles. The number of cyclic esters (lactones) is 1. The number of fused-ring (bicyclic) bond motifs is 1. The van der Waals surface area contributed by atoms with E-state index in [0.717, 1.165) is 28.5 Å². The van der Waals surface area contributed by atoms with Crippen molar-refractivity contribution in [2.75, 3.05) is 19.9 Å². The number of hydrogen-bond donors (Lipinski definition) is 4. The molecular formula is C36H41FN4O7. The minimum atomic E-state index is -2.02. The molecule has 0 saturated heterocycles. The molecule has 254 valence electrons. The predicted molar refractivity (Wildman–Crippen MR) is 175 cm³/mol. The van der Waals surface area contributed by atoms with Crippen LogP contribution < -0.4 is 21.8 Å². The number of carbonyl (C=O) groups excluding carboxylic acids is 3. The highest BCUT2D eigenvalue weighted by Gasteiger charge is 2.46. The van der Waals surface area contributed by atoms with Crippen molar-refractivity contribution in [3.63, 3.8) is 0 Å². The van der Waals surface area contributed by atoms with Gasteiger partial charge in [0.05, 0.1) is 35.8 Å². The standard InChI is InChI=1S/C36H41FN4O7/c1-4-21-30-26(41-33(44)35(11-6-12-35)17-47-18-39-29(43)15-38)9-8-22-19(3)25(37)14-27(31(22)30)40-32(21)20-7-10-28(42)23-16-48-34(45)36(46,5-2)24(23)13-20/h7,10,13-14,26,46H,4-6,8-9,11-12,15-18,38H2,1-3H3,(H,39,43)(H,41,44)/t26-,36-/m0/s1. The average molecular weight is 661 g/mol. The molecule has 5 N–H and O–H groups in total. The van der Waals surface area contributed by atoms with Crippen LogP contribution in [0.4, 0.5) is 4.39 Å². The van der Waals surface area contributed by atoms with Crippen LogP contribution in [0.1, 0.15) is 85.4 Å². The van der Waals surface area contributed by atoms with E-state index in [1.165, 1.54) is 12.1 Å². The van der Waals surface area contributed by atoms with Crippen molar-refractivity contribution in [2.24, 2.45) is 11.1 Å². The van der Waals surface area contributed by atoms with Crippen LogP contribution in [0.2, 0.25) is 0 Å². The summed E-state index contributed by atoms with van der Waals surface area (Å²) in [5.74, 6) is -1.71. The van der Waals surface area contributed by atoms with Crippen molar-refractivity contribution in [3.05, 3.63) is 73.7 Å². The normalized spacial score (nSPS) is 20.8. The molecule has 11 nitrogen and oxygen atoms in total. The third-order valence-corrected chi connectivity index (χ3v) is 10.4. The quantitative estimate of drug-likeness (QED) is 0.145. The minimum Gasteiger partial charge on any atom is -0.458 e. The molecule has 1 fully saturated rings. The number of nitrogens with zero attached hydrogens (tertiary/aromatic N) is 1. The van der Waals surface area contributed by atoms with E-state index < -0.39 is 23.0 Å². The Labute approximate surface area is 277 Å². The summed E-state index contributed by atoms with van der Waals surface area (Å²) in [7, 11) is 0. The number of nitrogens with two attached hydrogens (primary N) is 1. The van der Waals surface area contributed by atoms with Crippen molar-refractivity contribution in [1.29, 1.82) is 0 Å². The van der Waals surface area contributed by atoms with E-state index in [1.54, 1.807) is 26.0 Å². The molecule has 48 heavy (non-hydrogen) atoms. The number of benzene rings is 1. The number of rotatable bonds is 10. The van der Waals surface area contributed by atoms with E-state index in [0.29, 0.717) is 54.4 Å². The van der Waals surface area contributed by atoms with Crippen LogP contribution in [0.3, 0.4) is 0 Å². The maximum atomic E-state index is 15.4. The summed E-state index contributed by atoms with van der Waals surface area (Å²) >= 11 is 0. The first kappa shape index (κ1) is 33.6. The fourth-order valence-electron chi connectivity index (χ4n) is 7.37. The molecule has 0 radical (unpaired) electrons. The monoisotopic (exact) mass is 660 g/mol. The second-order valence-corrected chi connectivity index (χ2v) is 13.0. The molecule has 2 aromatic carbocycles. The Morgan fingerprint density at radius 2 is 1.96 bits per heavy atom. The highest BCUT2D eigenvalue weighted by Crippen LogP contribution is 2.46. The maximum Gasteiger partial charge on any atom is 0.343 e. The highest BCUT2D eigenvalue weighted by molar-refractivity contribution is 5.94. The first-order chi connectivity index (χ1) is 23.0. The van der Waals surface area contributed by atoms with Gasteiger partial charge in [0, 0.05) is 28.1 Å². The van der Waals surface area contributed by atoms with E-state index in [2.05, 4.69) is 10.6 Å². The highest BCUT2D eigenvalue weighted by atomic mass is 19.1. The number of esters is 1. The molecule has 0 spiro atoms. The molecule has 6 rings (SSSR count). The van der Waals surface area contributed by atoms with Gasteiger partial charge in [0.1, 0.15) is 19.2 Å². The van der Waals surface area contributed by atoms with E-state index in [-0.39, 0.29) is 67.1 Å². The van der Waals surface area contributed by atoms with Gasteiger partial charge in [-0.05, 0) is 85.9 Å². The molecule has 1 aliphatic heterocycles. The van der Waals surface area contributed by atoms with Crippen molar-refractivity contribution in [2.45, 2.75) is 84.0 Å². The van der Waals surface area contributed by atoms with Crippen LogP contribution in [-0.2, 0) is 48.9 Å². The molecule has 3 aliphatic rings. The third-order valence-electron chi connectivity index (χ3n) is 10.4. The van der Waals surface area contributed by atoms with Crippen molar-refractivity contribution < 1.29 is 33.4 Å². The molecule has 12 heteroatoms. The lowest BCUT2D eigenvalue weighted by molar-refractivity contribution is -0.172. The van der Waals surface area contributed by atoms with Crippen LogP contribution in [0.15, 0.2) is 29.1 Å². The Bertz CT molecular complexity index is 1890. The predicted octanol–water partition coefficient (Wildman–Crippen LogP) is 3.25. The van der Waals surface area contributed by atoms with E-state index in [9.17, 15) is 24.3 Å². The lowest BCUT2D eigenvalue weighted by Gasteiger charge is -2.41. The molecular weight excluding hydrogens is 619 g/mol. The van der Waals surface area contributed by atoms with Crippen LogP contribution in [0, 0.1) is 18.2 Å². The lowest BCUT2D eigenvalue weighted by Crippen LogP contribution is -2.50. The molecule has 1 aromatic heterocycles. The van der Waals surface area contributed by atoms with Gasteiger partial charge in [0.2, 0.25) is 11.8 Å². The van der Waals surface area contributed by atoms with Crippen LogP contribution >= 0.6 is 0 Å². The Morgan fingerprint density at radius 3 is 2.62 bits per heavy atom. The second kappa shape index (κ2) is 13.0. The molecule has 2 amide bonds. The Hall–Kier alpha value is -4.26. The Balaban J connectivity index is 1.47. The number of carbonyl (C=O) groups is 3. The summed E-state index contributed by atoms with van der Waals surface area (Å²) in [4.78, 5) is 56.4. The fourth-order valence-corrected chi connectivity index (χ4v) is 7.37. The van der Waals surface area contributed by atoms with Crippen molar-refractivity contribution in [3.8, 4) is 11.3 Å². The molecule has 1 saturated carbocycles. The average Bonchev–Trinajstić information content (AvgIpc) is 3.23. The SMILES string of the molecule is CCc1c(-c2ccc(=O)c3c(c2)[C@@](O)(CC)C(=O)OC3)nc2cc(F)c(C)c3c2c1[C@@H](NC(=O)C1(COCNC(=O)CN)CCC1)CC3. The first-order valence-electron chi connectivity index (χ1n) is 16.6. The van der Waals surface area contributed by atoms with Crippen molar-refractivity contribution >= 4 is 28.7 Å². The summed E-state index contributed by atoms with van der Waals surface area (Å²) < 4.78 is 26.2. The van der Waals surface area contributed by atoms with E-state index >= 15 is 4.39 Å². The largest absolute Gasteiger partial charge is 0.458 e. The van der Waals surface area contributed by atoms with E-state index in [4.69, 9.17) is 20.2 Å². The zero-order valence-corrected chi connectivity index (χ0v) is 27.5. The summed E-state index contributed by atoms with van der Waals surface area (Å²) in [6.07, 6.45) is 3.71. The van der Waals surface area contributed by atoms with Gasteiger partial charge >= 0.3 is 5.97 Å². The molecule has 2 heterocycles. The van der Waals surface area contributed by atoms with Gasteiger partial charge in [-0.1, -0.05) is 20.3 Å². The first-order valence-corrected chi connectivity index (χ1v) is 16.6. The summed E-state index contributed by atoms with van der Waals surface area (Å²) in [5.41, 5.74) is 6.96. The van der Waals surface area contributed by atoms with Gasteiger partial charge in [-0.25, -0.2) is 14.2 Å². The van der Waals surface area contributed by atoms with Gasteiger partial charge in [0.15, 0.2) is 11.0 Å². The number of ether oxygens (including phenoxy) is 2. The zero-order valence-electron chi connectivity index (χ0n) is 27.5. The molecule has 2 atom stereocenters. The number of pyridine rings is 1. The number of hydrogen-bond acceptors (Lipinski definition) is 9. The molecule has 0 unspecified atom stereocenters. The van der Waals surface area contributed by atoms with Crippen LogP contribution in [-0.4, -0.2) is 47.8 Å².